The van der Waals surface area contributed by atoms with Crippen molar-refractivity contribution in [2.75, 3.05) is 31.2 Å². The molecule has 5 heteroatoms. The zero-order valence-corrected chi connectivity index (χ0v) is 18.6. The van der Waals surface area contributed by atoms with Crippen LogP contribution in [0.5, 0.6) is 0 Å². The van der Waals surface area contributed by atoms with Crippen molar-refractivity contribution >= 4 is 11.6 Å². The molecule has 1 aliphatic heterocycles. The van der Waals surface area contributed by atoms with Crippen molar-refractivity contribution in [3.8, 4) is 0 Å². The molecule has 5 nitrogen and oxygen atoms in total. The highest BCUT2D eigenvalue weighted by Crippen LogP contribution is 2.32. The molecule has 0 spiro atoms. The third-order valence-electron chi connectivity index (χ3n) is 6.79. The second-order valence-electron chi connectivity index (χ2n) is 8.83. The van der Waals surface area contributed by atoms with E-state index in [4.69, 9.17) is 4.74 Å². The van der Waals surface area contributed by atoms with Gasteiger partial charge in [0, 0.05) is 36.2 Å². The number of aromatic nitrogens is 1. The molecule has 0 radical (unpaired) electrons. The molecule has 2 aliphatic rings. The fourth-order valence-corrected chi connectivity index (χ4v) is 5.06. The molecular formula is C25H35N3O2. The minimum atomic E-state index is -0.0334. The number of anilines is 1. The van der Waals surface area contributed by atoms with E-state index < -0.39 is 0 Å². The third kappa shape index (κ3) is 4.41. The van der Waals surface area contributed by atoms with E-state index in [9.17, 15) is 4.79 Å². The predicted molar refractivity (Wildman–Crippen MR) is 121 cm³/mol. The molecular weight excluding hydrogens is 374 g/mol. The normalized spacial score (nSPS) is 19.0. The minimum Gasteiger partial charge on any atom is -0.378 e. The van der Waals surface area contributed by atoms with E-state index in [2.05, 4.69) is 65.9 Å². The summed E-state index contributed by atoms with van der Waals surface area (Å²) >= 11 is 0. The molecule has 2 aromatic rings. The van der Waals surface area contributed by atoms with Crippen LogP contribution in [-0.4, -0.2) is 36.8 Å². The number of ether oxygens (including phenoxy) is 1. The lowest BCUT2D eigenvalue weighted by Gasteiger charge is -2.29. The lowest BCUT2D eigenvalue weighted by Crippen LogP contribution is -2.36. The molecule has 1 aliphatic carbocycles. The maximum absolute atomic E-state index is 13.1. The minimum absolute atomic E-state index is 0.0231. The summed E-state index contributed by atoms with van der Waals surface area (Å²) in [7, 11) is 0. The topological polar surface area (TPSA) is 46.5 Å². The van der Waals surface area contributed by atoms with Crippen LogP contribution < -0.4 is 10.2 Å². The van der Waals surface area contributed by atoms with Crippen molar-refractivity contribution in [2.45, 2.75) is 65.0 Å². The molecule has 30 heavy (non-hydrogen) atoms. The summed E-state index contributed by atoms with van der Waals surface area (Å²) in [5.41, 5.74) is 5.46. The summed E-state index contributed by atoms with van der Waals surface area (Å²) in [6.45, 7) is 9.72. The number of amides is 1. The molecule has 0 bridgehead atoms. The van der Waals surface area contributed by atoms with Gasteiger partial charge in [0.25, 0.3) is 5.91 Å². The Morgan fingerprint density at radius 1 is 1.07 bits per heavy atom. The Balaban J connectivity index is 1.43. The van der Waals surface area contributed by atoms with Gasteiger partial charge in [-0.1, -0.05) is 31.4 Å². The molecule has 162 valence electrons. The Bertz CT molecular complexity index is 859. The molecule has 1 saturated heterocycles. The van der Waals surface area contributed by atoms with Crippen LogP contribution in [0.15, 0.2) is 30.3 Å². The number of benzene rings is 1. The SMILES string of the molecule is Cc1cc(C(=O)NC(C)c2ccc(N3CCOCC3)cc2)c(C)n1C1CCCCC1. The molecule has 4 rings (SSSR count). The van der Waals surface area contributed by atoms with E-state index >= 15 is 0 Å². The van der Waals surface area contributed by atoms with Crippen LogP contribution in [-0.2, 0) is 4.74 Å². The molecule has 1 atom stereocenters. The van der Waals surface area contributed by atoms with Gasteiger partial charge in [0.1, 0.15) is 0 Å². The van der Waals surface area contributed by atoms with E-state index in [0.717, 1.165) is 43.1 Å². The van der Waals surface area contributed by atoms with Crippen molar-refractivity contribution in [3.63, 3.8) is 0 Å². The number of morpholine rings is 1. The second-order valence-corrected chi connectivity index (χ2v) is 8.83. The quantitative estimate of drug-likeness (QED) is 0.761. The monoisotopic (exact) mass is 409 g/mol. The lowest BCUT2D eigenvalue weighted by atomic mass is 9.95. The zero-order chi connectivity index (χ0) is 21.1. The fourth-order valence-electron chi connectivity index (χ4n) is 5.06. The standard InChI is InChI=1S/C25H35N3O2/c1-18-17-24(20(3)28(18)23-7-5-4-6-8-23)25(29)26-19(2)21-9-11-22(12-10-21)27-13-15-30-16-14-27/h9-12,17,19,23H,4-8,13-16H2,1-3H3,(H,26,29). The summed E-state index contributed by atoms with van der Waals surface area (Å²) < 4.78 is 7.84. The summed E-state index contributed by atoms with van der Waals surface area (Å²) in [6, 6.07) is 11.1. The largest absolute Gasteiger partial charge is 0.378 e. The molecule has 1 aromatic carbocycles. The van der Waals surface area contributed by atoms with Crippen LogP contribution in [0.4, 0.5) is 5.69 Å². The van der Waals surface area contributed by atoms with Crippen molar-refractivity contribution in [1.29, 1.82) is 0 Å². The van der Waals surface area contributed by atoms with E-state index in [-0.39, 0.29) is 11.9 Å². The lowest BCUT2D eigenvalue weighted by molar-refractivity contribution is 0.0939. The van der Waals surface area contributed by atoms with Gasteiger partial charge in [-0.25, -0.2) is 0 Å². The third-order valence-corrected chi connectivity index (χ3v) is 6.79. The predicted octanol–water partition coefficient (Wildman–Crippen LogP) is 4.94. The molecule has 1 saturated carbocycles. The van der Waals surface area contributed by atoms with E-state index in [1.165, 1.54) is 43.5 Å². The van der Waals surface area contributed by atoms with Gasteiger partial charge in [-0.15, -0.1) is 0 Å². The number of nitrogens with one attached hydrogen (secondary N) is 1. The Labute approximate surface area is 180 Å². The van der Waals surface area contributed by atoms with Gasteiger partial charge in [0.15, 0.2) is 0 Å². The van der Waals surface area contributed by atoms with E-state index in [1.54, 1.807) is 0 Å². The van der Waals surface area contributed by atoms with Crippen LogP contribution in [0.2, 0.25) is 0 Å². The molecule has 1 amide bonds. The highest BCUT2D eigenvalue weighted by Gasteiger charge is 2.23. The van der Waals surface area contributed by atoms with E-state index in [0.29, 0.717) is 6.04 Å². The van der Waals surface area contributed by atoms with Gasteiger partial charge in [0.2, 0.25) is 0 Å². The van der Waals surface area contributed by atoms with Gasteiger partial charge < -0.3 is 19.5 Å². The van der Waals surface area contributed by atoms with Crippen molar-refractivity contribution in [3.05, 3.63) is 52.8 Å². The Morgan fingerprint density at radius 2 is 1.73 bits per heavy atom. The first-order valence-corrected chi connectivity index (χ1v) is 11.5. The van der Waals surface area contributed by atoms with Gasteiger partial charge >= 0.3 is 0 Å². The summed E-state index contributed by atoms with van der Waals surface area (Å²) in [4.78, 5) is 15.4. The van der Waals surface area contributed by atoms with Gasteiger partial charge in [0.05, 0.1) is 24.8 Å². The number of nitrogens with zero attached hydrogens (tertiary/aromatic N) is 2. The molecule has 1 unspecified atom stereocenters. The Kier molecular flexibility index (Phi) is 6.47. The highest BCUT2D eigenvalue weighted by molar-refractivity contribution is 5.96. The number of carbonyl (C=O) groups excluding carboxylic acids is 1. The van der Waals surface area contributed by atoms with Crippen molar-refractivity contribution in [1.82, 2.24) is 9.88 Å². The van der Waals surface area contributed by atoms with Crippen molar-refractivity contribution in [2.24, 2.45) is 0 Å². The molecule has 2 heterocycles. The Morgan fingerprint density at radius 3 is 2.40 bits per heavy atom. The average Bonchev–Trinajstić information content (AvgIpc) is 3.09. The first-order chi connectivity index (χ1) is 14.5. The highest BCUT2D eigenvalue weighted by atomic mass is 16.5. The van der Waals surface area contributed by atoms with Crippen LogP contribution in [0.1, 0.15) is 78.4 Å². The number of rotatable bonds is 5. The fraction of sp³-hybridized carbons (Fsp3) is 0.560. The van der Waals surface area contributed by atoms with Crippen LogP contribution in [0.25, 0.3) is 0 Å². The second kappa shape index (κ2) is 9.25. The number of hydrogen-bond acceptors (Lipinski definition) is 3. The Hall–Kier alpha value is -2.27. The molecule has 2 fully saturated rings. The van der Waals surface area contributed by atoms with Gasteiger partial charge in [-0.2, -0.15) is 0 Å². The van der Waals surface area contributed by atoms with Crippen molar-refractivity contribution < 1.29 is 9.53 Å². The van der Waals surface area contributed by atoms with Gasteiger partial charge in [-0.05, 0) is 57.4 Å². The van der Waals surface area contributed by atoms with Crippen LogP contribution >= 0.6 is 0 Å². The number of hydrogen-bond donors (Lipinski definition) is 1. The van der Waals surface area contributed by atoms with E-state index in [1.807, 2.05) is 0 Å². The summed E-state index contributed by atoms with van der Waals surface area (Å²) in [5, 5.41) is 3.21. The van der Waals surface area contributed by atoms with Crippen LogP contribution in [0, 0.1) is 13.8 Å². The summed E-state index contributed by atoms with van der Waals surface area (Å²) in [6.07, 6.45) is 6.37. The maximum Gasteiger partial charge on any atom is 0.253 e. The van der Waals surface area contributed by atoms with Crippen LogP contribution in [0.3, 0.4) is 0 Å². The molecule has 1 aromatic heterocycles. The smallest absolute Gasteiger partial charge is 0.253 e. The maximum atomic E-state index is 13.1. The number of aryl methyl sites for hydroxylation is 1. The summed E-state index contributed by atoms with van der Waals surface area (Å²) in [5.74, 6) is 0.0231. The first-order valence-electron chi connectivity index (χ1n) is 11.5. The molecule has 1 N–H and O–H groups in total. The average molecular weight is 410 g/mol. The zero-order valence-electron chi connectivity index (χ0n) is 18.6. The first kappa shape index (κ1) is 21.0. The number of carbonyl (C=O) groups is 1. The van der Waals surface area contributed by atoms with Gasteiger partial charge in [-0.3, -0.25) is 4.79 Å².